The van der Waals surface area contributed by atoms with Crippen LogP contribution < -0.4 is 10.6 Å². The molecule has 21 heavy (non-hydrogen) atoms. The van der Waals surface area contributed by atoms with Gasteiger partial charge in [0.1, 0.15) is 0 Å². The molecule has 5 nitrogen and oxygen atoms in total. The molecule has 3 N–H and O–H groups in total. The van der Waals surface area contributed by atoms with Crippen molar-refractivity contribution in [3.05, 3.63) is 28.8 Å². The topological polar surface area (TPSA) is 70.6 Å². The summed E-state index contributed by atoms with van der Waals surface area (Å²) in [5.74, 6) is -0.178. The number of hydrogen-bond donors (Lipinski definition) is 3. The van der Waals surface area contributed by atoms with Gasteiger partial charge in [0, 0.05) is 37.4 Å². The van der Waals surface area contributed by atoms with E-state index in [9.17, 15) is 9.90 Å². The molecule has 0 aliphatic carbocycles. The second-order valence-electron chi connectivity index (χ2n) is 5.35. The Balaban J connectivity index is 2.39. The molecule has 0 saturated heterocycles. The van der Waals surface area contributed by atoms with E-state index in [1.54, 1.807) is 26.2 Å². The van der Waals surface area contributed by atoms with Crippen LogP contribution in [-0.2, 0) is 9.53 Å². The van der Waals surface area contributed by atoms with Crippen LogP contribution in [0.3, 0.4) is 0 Å². The third-order valence-electron chi connectivity index (χ3n) is 3.11. The highest BCUT2D eigenvalue weighted by Crippen LogP contribution is 2.19. The molecule has 0 aliphatic heterocycles. The van der Waals surface area contributed by atoms with Crippen molar-refractivity contribution in [3.63, 3.8) is 0 Å². The lowest BCUT2D eigenvalue weighted by Crippen LogP contribution is -2.41. The Labute approximate surface area is 130 Å². The van der Waals surface area contributed by atoms with Crippen molar-refractivity contribution in [2.45, 2.75) is 25.9 Å². The Morgan fingerprint density at radius 2 is 2.19 bits per heavy atom. The van der Waals surface area contributed by atoms with Crippen LogP contribution in [-0.4, -0.2) is 43.4 Å². The maximum absolute atomic E-state index is 11.9. The number of aliphatic hydroxyl groups is 1. The van der Waals surface area contributed by atoms with Gasteiger partial charge in [-0.2, -0.15) is 0 Å². The summed E-state index contributed by atoms with van der Waals surface area (Å²) < 4.78 is 4.93. The Bertz CT molecular complexity index is 478. The summed E-state index contributed by atoms with van der Waals surface area (Å²) in [6.45, 7) is 4.52. The molecule has 0 saturated carbocycles. The fourth-order valence-corrected chi connectivity index (χ4v) is 1.95. The molecule has 118 valence electrons. The standard InChI is InChI=1S/C15H23ClN2O3/c1-11-4-5-12(16)8-13(11)18-14(19)9-17-10-15(2,20)6-7-21-3/h4-5,8,17,20H,6-7,9-10H2,1-3H3,(H,18,19). The zero-order chi connectivity index (χ0) is 15.9. The van der Waals surface area contributed by atoms with Crippen LogP contribution in [0.4, 0.5) is 5.69 Å². The second-order valence-corrected chi connectivity index (χ2v) is 5.79. The molecule has 0 aromatic heterocycles. The van der Waals surface area contributed by atoms with Crippen LogP contribution >= 0.6 is 11.6 Å². The van der Waals surface area contributed by atoms with Crippen LogP contribution in [0, 0.1) is 6.92 Å². The van der Waals surface area contributed by atoms with Gasteiger partial charge in [-0.1, -0.05) is 17.7 Å². The fraction of sp³-hybridized carbons (Fsp3) is 0.533. The summed E-state index contributed by atoms with van der Waals surface area (Å²) in [5, 5.41) is 16.3. The van der Waals surface area contributed by atoms with E-state index in [2.05, 4.69) is 10.6 Å². The summed E-state index contributed by atoms with van der Waals surface area (Å²) in [6, 6.07) is 5.34. The van der Waals surface area contributed by atoms with Gasteiger partial charge in [0.25, 0.3) is 0 Å². The summed E-state index contributed by atoms with van der Waals surface area (Å²) >= 11 is 5.90. The van der Waals surface area contributed by atoms with E-state index in [1.165, 1.54) is 0 Å². The van der Waals surface area contributed by atoms with Crippen LogP contribution in [0.5, 0.6) is 0 Å². The number of rotatable bonds is 8. The SMILES string of the molecule is COCCC(C)(O)CNCC(=O)Nc1cc(Cl)ccc1C. The van der Waals surface area contributed by atoms with Gasteiger partial charge < -0.3 is 20.5 Å². The van der Waals surface area contributed by atoms with E-state index in [0.717, 1.165) is 5.56 Å². The predicted octanol–water partition coefficient (Wildman–Crippen LogP) is 1.96. The van der Waals surface area contributed by atoms with Crippen molar-refractivity contribution in [1.82, 2.24) is 5.32 Å². The van der Waals surface area contributed by atoms with Gasteiger partial charge in [0.2, 0.25) is 5.91 Å². The maximum Gasteiger partial charge on any atom is 0.238 e. The molecular formula is C15H23ClN2O3. The molecule has 0 heterocycles. The molecule has 0 bridgehead atoms. The van der Waals surface area contributed by atoms with Crippen molar-refractivity contribution in [2.24, 2.45) is 0 Å². The van der Waals surface area contributed by atoms with Gasteiger partial charge in [-0.05, 0) is 31.5 Å². The minimum absolute atomic E-state index is 0.120. The monoisotopic (exact) mass is 314 g/mol. The minimum atomic E-state index is -0.901. The smallest absolute Gasteiger partial charge is 0.238 e. The van der Waals surface area contributed by atoms with Crippen molar-refractivity contribution in [3.8, 4) is 0 Å². The van der Waals surface area contributed by atoms with E-state index in [0.29, 0.717) is 30.3 Å². The molecule has 0 spiro atoms. The molecule has 1 aromatic rings. The fourth-order valence-electron chi connectivity index (χ4n) is 1.78. The average Bonchev–Trinajstić information content (AvgIpc) is 2.40. The third kappa shape index (κ3) is 6.91. The van der Waals surface area contributed by atoms with E-state index in [1.807, 2.05) is 13.0 Å². The minimum Gasteiger partial charge on any atom is -0.389 e. The molecule has 1 unspecified atom stereocenters. The number of hydrogen-bond acceptors (Lipinski definition) is 4. The summed E-state index contributed by atoms with van der Waals surface area (Å²) in [6.07, 6.45) is 0.505. The quantitative estimate of drug-likeness (QED) is 0.686. The number of carbonyl (C=O) groups is 1. The second kappa shape index (κ2) is 8.34. The Morgan fingerprint density at radius 3 is 2.86 bits per heavy atom. The number of anilines is 1. The van der Waals surface area contributed by atoms with Crippen molar-refractivity contribution < 1.29 is 14.6 Å². The number of aryl methyl sites for hydroxylation is 1. The first-order chi connectivity index (χ1) is 9.84. The summed E-state index contributed by atoms with van der Waals surface area (Å²) in [7, 11) is 1.59. The number of methoxy groups -OCH3 is 1. The van der Waals surface area contributed by atoms with Gasteiger partial charge in [-0.25, -0.2) is 0 Å². The molecule has 1 aromatic carbocycles. The Hall–Kier alpha value is -1.14. The molecule has 0 aliphatic rings. The lowest BCUT2D eigenvalue weighted by molar-refractivity contribution is -0.115. The molecule has 0 fully saturated rings. The largest absolute Gasteiger partial charge is 0.389 e. The summed E-state index contributed by atoms with van der Waals surface area (Å²) in [5.41, 5.74) is 0.739. The zero-order valence-corrected chi connectivity index (χ0v) is 13.5. The number of amides is 1. The highest BCUT2D eigenvalue weighted by atomic mass is 35.5. The first-order valence-corrected chi connectivity index (χ1v) is 7.20. The molecule has 6 heteroatoms. The Kier molecular flexibility index (Phi) is 7.11. The molecule has 1 atom stereocenters. The lowest BCUT2D eigenvalue weighted by Gasteiger charge is -2.23. The van der Waals surface area contributed by atoms with Gasteiger partial charge in [0.15, 0.2) is 0 Å². The van der Waals surface area contributed by atoms with Gasteiger partial charge in [0.05, 0.1) is 12.1 Å². The molecular weight excluding hydrogens is 292 g/mol. The predicted molar refractivity (Wildman–Crippen MR) is 84.8 cm³/mol. The maximum atomic E-state index is 11.9. The van der Waals surface area contributed by atoms with E-state index < -0.39 is 5.60 Å². The third-order valence-corrected chi connectivity index (χ3v) is 3.34. The Morgan fingerprint density at radius 1 is 1.48 bits per heavy atom. The zero-order valence-electron chi connectivity index (χ0n) is 12.7. The number of ether oxygens (including phenoxy) is 1. The van der Waals surface area contributed by atoms with E-state index in [4.69, 9.17) is 16.3 Å². The summed E-state index contributed by atoms with van der Waals surface area (Å²) in [4.78, 5) is 11.9. The van der Waals surface area contributed by atoms with Crippen LogP contribution in [0.2, 0.25) is 5.02 Å². The van der Waals surface area contributed by atoms with Gasteiger partial charge in [-0.3, -0.25) is 4.79 Å². The van der Waals surface area contributed by atoms with Crippen molar-refractivity contribution >= 4 is 23.2 Å². The van der Waals surface area contributed by atoms with Gasteiger partial charge >= 0.3 is 0 Å². The normalized spacial score (nSPS) is 13.8. The van der Waals surface area contributed by atoms with Gasteiger partial charge in [-0.15, -0.1) is 0 Å². The van der Waals surface area contributed by atoms with Crippen molar-refractivity contribution in [1.29, 1.82) is 0 Å². The van der Waals surface area contributed by atoms with Crippen LogP contribution in [0.25, 0.3) is 0 Å². The number of nitrogens with one attached hydrogen (secondary N) is 2. The lowest BCUT2D eigenvalue weighted by atomic mass is 10.0. The first-order valence-electron chi connectivity index (χ1n) is 6.82. The number of carbonyl (C=O) groups excluding carboxylic acids is 1. The van der Waals surface area contributed by atoms with E-state index in [-0.39, 0.29) is 12.5 Å². The molecule has 0 radical (unpaired) electrons. The number of benzene rings is 1. The van der Waals surface area contributed by atoms with Crippen LogP contribution in [0.1, 0.15) is 18.9 Å². The van der Waals surface area contributed by atoms with Crippen LogP contribution in [0.15, 0.2) is 18.2 Å². The van der Waals surface area contributed by atoms with E-state index >= 15 is 0 Å². The molecule has 1 amide bonds. The van der Waals surface area contributed by atoms with Crippen molar-refractivity contribution in [2.75, 3.05) is 32.1 Å². The number of halogens is 1. The highest BCUT2D eigenvalue weighted by Gasteiger charge is 2.19. The average molecular weight is 315 g/mol. The highest BCUT2D eigenvalue weighted by molar-refractivity contribution is 6.31. The molecule has 1 rings (SSSR count). The first kappa shape index (κ1) is 17.9.